The summed E-state index contributed by atoms with van der Waals surface area (Å²) in [5.41, 5.74) is 1.26. The summed E-state index contributed by atoms with van der Waals surface area (Å²) in [4.78, 5) is 32.9. The normalized spacial score (nSPS) is 11.6. The molecule has 206 valence electrons. The second kappa shape index (κ2) is 11.9. The SMILES string of the molecule is CC(C)(C)OC(=O)NC/C=C/c1cnc(-c2cccc(Cn3nc(-c4cc(F)c(F)c(F)c4)ccc3=O)c2)nc1. The van der Waals surface area contributed by atoms with E-state index in [0.29, 0.717) is 17.0 Å². The molecule has 4 rings (SSSR count). The largest absolute Gasteiger partial charge is 0.444 e. The van der Waals surface area contributed by atoms with E-state index in [4.69, 9.17) is 4.74 Å². The second-order valence-corrected chi connectivity index (χ2v) is 9.79. The van der Waals surface area contributed by atoms with Crippen LogP contribution in [0.4, 0.5) is 18.0 Å². The van der Waals surface area contributed by atoms with Gasteiger partial charge >= 0.3 is 6.09 Å². The predicted molar refractivity (Wildman–Crippen MR) is 144 cm³/mol. The average molecular weight is 550 g/mol. The summed E-state index contributed by atoms with van der Waals surface area (Å²) < 4.78 is 47.0. The molecule has 0 bridgehead atoms. The number of alkyl carbamates (subject to hydrolysis) is 1. The van der Waals surface area contributed by atoms with Crippen molar-refractivity contribution in [1.29, 1.82) is 0 Å². The quantitative estimate of drug-likeness (QED) is 0.311. The molecule has 0 aliphatic carbocycles. The maximum Gasteiger partial charge on any atom is 0.407 e. The molecule has 0 aliphatic rings. The topological polar surface area (TPSA) is 99.0 Å². The second-order valence-electron chi connectivity index (χ2n) is 9.79. The van der Waals surface area contributed by atoms with Crippen molar-refractivity contribution in [3.05, 3.63) is 106 Å². The van der Waals surface area contributed by atoms with E-state index in [1.165, 1.54) is 12.1 Å². The number of nitrogens with one attached hydrogen (secondary N) is 1. The molecule has 0 saturated heterocycles. The minimum atomic E-state index is -1.57. The Morgan fingerprint density at radius 1 is 1.00 bits per heavy atom. The number of carbonyl (C=O) groups excluding carboxylic acids is 1. The summed E-state index contributed by atoms with van der Waals surface area (Å²) in [6.45, 7) is 5.70. The van der Waals surface area contributed by atoms with Gasteiger partial charge in [0.25, 0.3) is 5.56 Å². The van der Waals surface area contributed by atoms with Crippen molar-refractivity contribution in [3.8, 4) is 22.6 Å². The van der Waals surface area contributed by atoms with Gasteiger partial charge in [-0.3, -0.25) is 4.79 Å². The van der Waals surface area contributed by atoms with Gasteiger partial charge < -0.3 is 10.1 Å². The Balaban J connectivity index is 1.45. The first-order valence-corrected chi connectivity index (χ1v) is 12.3. The molecule has 0 aliphatic heterocycles. The lowest BCUT2D eigenvalue weighted by molar-refractivity contribution is 0.0534. The van der Waals surface area contributed by atoms with Gasteiger partial charge in [-0.2, -0.15) is 5.10 Å². The van der Waals surface area contributed by atoms with Crippen LogP contribution >= 0.6 is 0 Å². The first kappa shape index (κ1) is 28.2. The van der Waals surface area contributed by atoms with E-state index in [1.807, 2.05) is 6.07 Å². The van der Waals surface area contributed by atoms with Crippen molar-refractivity contribution in [2.24, 2.45) is 0 Å². The number of ether oxygens (including phenoxy) is 1. The van der Waals surface area contributed by atoms with Crippen LogP contribution < -0.4 is 10.9 Å². The fraction of sp³-hybridized carbons (Fsp3) is 0.207. The van der Waals surface area contributed by atoms with Gasteiger partial charge in [0.05, 0.1) is 12.2 Å². The lowest BCUT2D eigenvalue weighted by Crippen LogP contribution is -2.32. The molecular formula is C29H26F3N5O3. The fourth-order valence-corrected chi connectivity index (χ4v) is 3.63. The summed E-state index contributed by atoms with van der Waals surface area (Å²) in [5.74, 6) is -3.81. The van der Waals surface area contributed by atoms with E-state index >= 15 is 0 Å². The van der Waals surface area contributed by atoms with E-state index in [1.54, 1.807) is 63.5 Å². The van der Waals surface area contributed by atoms with E-state index in [9.17, 15) is 22.8 Å². The molecule has 2 aromatic carbocycles. The van der Waals surface area contributed by atoms with Gasteiger partial charge in [0.1, 0.15) is 5.60 Å². The number of rotatable bonds is 7. The molecule has 11 heteroatoms. The van der Waals surface area contributed by atoms with Crippen molar-refractivity contribution in [1.82, 2.24) is 25.1 Å². The van der Waals surface area contributed by atoms with Crippen molar-refractivity contribution >= 4 is 12.2 Å². The Morgan fingerprint density at radius 3 is 2.38 bits per heavy atom. The van der Waals surface area contributed by atoms with Gasteiger partial charge in [0.15, 0.2) is 23.3 Å². The number of aromatic nitrogens is 4. The number of carbonyl (C=O) groups is 1. The lowest BCUT2D eigenvalue weighted by Gasteiger charge is -2.19. The van der Waals surface area contributed by atoms with Crippen LogP contribution in [0.1, 0.15) is 31.9 Å². The maximum atomic E-state index is 13.7. The molecule has 40 heavy (non-hydrogen) atoms. The van der Waals surface area contributed by atoms with Gasteiger partial charge in [-0.1, -0.05) is 30.4 Å². The molecule has 1 N–H and O–H groups in total. The highest BCUT2D eigenvalue weighted by Gasteiger charge is 2.15. The van der Waals surface area contributed by atoms with Gasteiger partial charge in [-0.25, -0.2) is 32.6 Å². The third kappa shape index (κ3) is 7.40. The maximum absolute atomic E-state index is 13.7. The predicted octanol–water partition coefficient (Wildman–Crippen LogP) is 5.37. The molecule has 0 unspecified atom stereocenters. The highest BCUT2D eigenvalue weighted by Crippen LogP contribution is 2.22. The molecule has 0 radical (unpaired) electrons. The fourth-order valence-electron chi connectivity index (χ4n) is 3.63. The van der Waals surface area contributed by atoms with Crippen molar-refractivity contribution in [3.63, 3.8) is 0 Å². The molecule has 8 nitrogen and oxygen atoms in total. The number of amides is 1. The molecule has 1 amide bonds. The van der Waals surface area contributed by atoms with Crippen LogP contribution in [-0.2, 0) is 11.3 Å². The third-order valence-electron chi connectivity index (χ3n) is 5.41. The van der Waals surface area contributed by atoms with Crippen LogP contribution in [0, 0.1) is 17.5 Å². The summed E-state index contributed by atoms with van der Waals surface area (Å²) >= 11 is 0. The minimum absolute atomic E-state index is 0.00191. The standard InChI is InChI=1S/C29H26F3N5O3/c1-29(2,3)40-28(39)33-11-5-7-19-15-34-27(35-16-19)20-8-4-6-18(12-20)17-37-25(38)10-9-24(36-37)21-13-22(30)26(32)23(31)14-21/h4-10,12-16H,11,17H2,1-3H3,(H,33,39)/b7-5+. The van der Waals surface area contributed by atoms with Crippen LogP contribution in [0.25, 0.3) is 28.7 Å². The molecule has 4 aromatic rings. The van der Waals surface area contributed by atoms with Crippen LogP contribution in [0.2, 0.25) is 0 Å². The molecule has 0 fully saturated rings. The summed E-state index contributed by atoms with van der Waals surface area (Å²) in [6, 6.07) is 11.4. The summed E-state index contributed by atoms with van der Waals surface area (Å²) in [6.07, 6.45) is 6.27. The monoisotopic (exact) mass is 549 g/mol. The first-order chi connectivity index (χ1) is 19.0. The zero-order valence-corrected chi connectivity index (χ0v) is 22.0. The number of halogens is 3. The highest BCUT2D eigenvalue weighted by atomic mass is 19.2. The van der Waals surface area contributed by atoms with Gasteiger partial charge in [0.2, 0.25) is 0 Å². The highest BCUT2D eigenvalue weighted by molar-refractivity contribution is 5.68. The first-order valence-electron chi connectivity index (χ1n) is 12.3. The van der Waals surface area contributed by atoms with E-state index in [-0.39, 0.29) is 24.3 Å². The van der Waals surface area contributed by atoms with E-state index < -0.39 is 34.7 Å². The molecule has 2 aromatic heterocycles. The summed E-state index contributed by atoms with van der Waals surface area (Å²) in [7, 11) is 0. The third-order valence-corrected chi connectivity index (χ3v) is 5.41. The van der Waals surface area contributed by atoms with Crippen molar-refractivity contribution in [2.45, 2.75) is 32.9 Å². The molecule has 2 heterocycles. The van der Waals surface area contributed by atoms with Gasteiger partial charge in [0, 0.05) is 41.7 Å². The lowest BCUT2D eigenvalue weighted by atomic mass is 10.1. The number of hydrogen-bond acceptors (Lipinski definition) is 6. The van der Waals surface area contributed by atoms with E-state index in [0.717, 1.165) is 22.4 Å². The van der Waals surface area contributed by atoms with Crippen LogP contribution in [-0.4, -0.2) is 38.0 Å². The number of nitrogens with zero attached hydrogens (tertiary/aromatic N) is 4. The number of benzene rings is 2. The van der Waals surface area contributed by atoms with Crippen LogP contribution in [0.3, 0.4) is 0 Å². The molecule has 0 saturated carbocycles. The number of hydrogen-bond donors (Lipinski definition) is 1. The summed E-state index contributed by atoms with van der Waals surface area (Å²) in [5, 5.41) is 6.83. The average Bonchev–Trinajstić information content (AvgIpc) is 2.90. The zero-order valence-electron chi connectivity index (χ0n) is 22.0. The Morgan fingerprint density at radius 2 is 1.70 bits per heavy atom. The smallest absolute Gasteiger partial charge is 0.407 e. The molecule has 0 spiro atoms. The van der Waals surface area contributed by atoms with Gasteiger partial charge in [-0.15, -0.1) is 0 Å². The van der Waals surface area contributed by atoms with Crippen molar-refractivity contribution < 1.29 is 22.7 Å². The Labute approximate surface area is 228 Å². The van der Waals surface area contributed by atoms with Crippen LogP contribution in [0.5, 0.6) is 0 Å². The zero-order chi connectivity index (χ0) is 28.9. The Kier molecular flexibility index (Phi) is 8.42. The minimum Gasteiger partial charge on any atom is -0.444 e. The van der Waals surface area contributed by atoms with E-state index in [2.05, 4.69) is 20.4 Å². The Hall–Kier alpha value is -4.80. The Bertz CT molecular complexity index is 1590. The molecule has 0 atom stereocenters. The van der Waals surface area contributed by atoms with Gasteiger partial charge in [-0.05, 0) is 50.6 Å². The van der Waals surface area contributed by atoms with Crippen LogP contribution in [0.15, 0.2) is 71.8 Å². The molecular weight excluding hydrogens is 523 g/mol. The van der Waals surface area contributed by atoms with Crippen molar-refractivity contribution in [2.75, 3.05) is 6.54 Å².